The van der Waals surface area contributed by atoms with Crippen LogP contribution in [0.5, 0.6) is 0 Å². The summed E-state index contributed by atoms with van der Waals surface area (Å²) in [4.78, 5) is 9.61. The van der Waals surface area contributed by atoms with Gasteiger partial charge in [-0.25, -0.2) is 0 Å². The monoisotopic (exact) mass is 241 g/mol. The van der Waals surface area contributed by atoms with E-state index in [2.05, 4.69) is 6.92 Å². The van der Waals surface area contributed by atoms with Crippen LogP contribution in [0.25, 0.3) is 0 Å². The van der Waals surface area contributed by atoms with Gasteiger partial charge in [0.2, 0.25) is 6.20 Å². The molecule has 0 rings (SSSR count). The average molecular weight is 241 g/mol. The second-order valence-corrected chi connectivity index (χ2v) is 4.64. The van der Waals surface area contributed by atoms with Crippen molar-refractivity contribution < 1.29 is 4.92 Å². The van der Waals surface area contributed by atoms with Crippen LogP contribution in [0, 0.1) is 10.1 Å². The molecule has 0 spiro atoms. The van der Waals surface area contributed by atoms with Crippen LogP contribution in [0.2, 0.25) is 0 Å². The Morgan fingerprint density at radius 3 is 1.82 bits per heavy atom. The summed E-state index contributed by atoms with van der Waals surface area (Å²) in [6.45, 7) is 2.24. The molecule has 0 saturated heterocycles. The summed E-state index contributed by atoms with van der Waals surface area (Å²) in [5.74, 6) is 0. The lowest BCUT2D eigenvalue weighted by molar-refractivity contribution is -0.402. The molecule has 0 fully saturated rings. The third-order valence-electron chi connectivity index (χ3n) is 2.95. The van der Waals surface area contributed by atoms with Gasteiger partial charge in [0, 0.05) is 0 Å². The molecule has 0 aliphatic heterocycles. The van der Waals surface area contributed by atoms with E-state index in [1.165, 1.54) is 57.8 Å². The number of hydrogen-bond acceptors (Lipinski definition) is 2. The highest BCUT2D eigenvalue weighted by Crippen LogP contribution is 2.11. The summed E-state index contributed by atoms with van der Waals surface area (Å²) in [5.41, 5.74) is 0. The fraction of sp³-hybridized carbons (Fsp3) is 0.857. The maximum atomic E-state index is 10.0. The Hall–Kier alpha value is -0.860. The van der Waals surface area contributed by atoms with Gasteiger partial charge >= 0.3 is 0 Å². The molecule has 0 aromatic carbocycles. The lowest BCUT2D eigenvalue weighted by atomic mass is 10.1. The lowest BCUT2D eigenvalue weighted by Crippen LogP contribution is -1.83. The van der Waals surface area contributed by atoms with Crippen molar-refractivity contribution in [1.29, 1.82) is 0 Å². The van der Waals surface area contributed by atoms with E-state index in [4.69, 9.17) is 0 Å². The van der Waals surface area contributed by atoms with Crippen LogP contribution in [0.4, 0.5) is 0 Å². The van der Waals surface area contributed by atoms with E-state index in [0.29, 0.717) is 0 Å². The number of unbranched alkanes of at least 4 members (excludes halogenated alkanes) is 10. The highest BCUT2D eigenvalue weighted by Gasteiger charge is 1.92. The molecule has 0 radical (unpaired) electrons. The summed E-state index contributed by atoms with van der Waals surface area (Å²) >= 11 is 0. The lowest BCUT2D eigenvalue weighted by Gasteiger charge is -2.00. The first-order valence-corrected chi connectivity index (χ1v) is 7.07. The summed E-state index contributed by atoms with van der Waals surface area (Å²) in [6, 6.07) is 0. The summed E-state index contributed by atoms with van der Waals surface area (Å²) < 4.78 is 0. The predicted octanol–water partition coefficient (Wildman–Crippen LogP) is 5.09. The molecule has 17 heavy (non-hydrogen) atoms. The molecule has 0 atom stereocenters. The van der Waals surface area contributed by atoms with Gasteiger partial charge in [-0.05, 0) is 18.9 Å². The van der Waals surface area contributed by atoms with Crippen molar-refractivity contribution in [2.75, 3.05) is 0 Å². The maximum absolute atomic E-state index is 10.0. The molecular weight excluding hydrogens is 214 g/mol. The molecule has 0 saturated carbocycles. The average Bonchev–Trinajstić information content (AvgIpc) is 2.30. The summed E-state index contributed by atoms with van der Waals surface area (Å²) in [6.07, 6.45) is 16.6. The molecule has 0 aliphatic rings. The van der Waals surface area contributed by atoms with Gasteiger partial charge in [-0.1, -0.05) is 64.7 Å². The van der Waals surface area contributed by atoms with Gasteiger partial charge in [0.15, 0.2) is 0 Å². The fourth-order valence-electron chi connectivity index (χ4n) is 1.91. The molecule has 0 aromatic rings. The fourth-order valence-corrected chi connectivity index (χ4v) is 1.91. The van der Waals surface area contributed by atoms with Crippen molar-refractivity contribution in [1.82, 2.24) is 0 Å². The highest BCUT2D eigenvalue weighted by atomic mass is 16.6. The van der Waals surface area contributed by atoms with E-state index in [-0.39, 0.29) is 0 Å². The highest BCUT2D eigenvalue weighted by molar-refractivity contribution is 4.71. The van der Waals surface area contributed by atoms with Crippen LogP contribution in [0.3, 0.4) is 0 Å². The molecule has 3 heteroatoms. The largest absolute Gasteiger partial charge is 0.259 e. The van der Waals surface area contributed by atoms with E-state index in [9.17, 15) is 10.1 Å². The van der Waals surface area contributed by atoms with Crippen LogP contribution >= 0.6 is 0 Å². The van der Waals surface area contributed by atoms with E-state index in [1.807, 2.05) is 0 Å². The minimum atomic E-state index is -0.393. The molecule has 0 aliphatic carbocycles. The van der Waals surface area contributed by atoms with E-state index in [0.717, 1.165) is 19.0 Å². The van der Waals surface area contributed by atoms with E-state index < -0.39 is 4.92 Å². The molecule has 0 N–H and O–H groups in total. The van der Waals surface area contributed by atoms with Gasteiger partial charge in [-0.2, -0.15) is 0 Å². The van der Waals surface area contributed by atoms with Crippen LogP contribution in [-0.4, -0.2) is 4.92 Å². The molecule has 3 nitrogen and oxygen atoms in total. The quantitative estimate of drug-likeness (QED) is 0.271. The van der Waals surface area contributed by atoms with Crippen molar-refractivity contribution in [3.05, 3.63) is 22.4 Å². The Bertz CT molecular complexity index is 202. The zero-order chi connectivity index (χ0) is 12.8. The third-order valence-corrected chi connectivity index (χ3v) is 2.95. The first kappa shape index (κ1) is 16.1. The first-order chi connectivity index (χ1) is 8.27. The number of rotatable bonds is 12. The van der Waals surface area contributed by atoms with Gasteiger partial charge < -0.3 is 0 Å². The zero-order valence-electron chi connectivity index (χ0n) is 11.2. The SMILES string of the molecule is CCCCCCCCCCCCC=C[N+](=O)[O-]. The molecule has 0 aromatic heterocycles. The molecule has 0 unspecified atom stereocenters. The van der Waals surface area contributed by atoms with Crippen LogP contribution in [0.15, 0.2) is 12.3 Å². The van der Waals surface area contributed by atoms with E-state index in [1.54, 1.807) is 6.08 Å². The Balaban J connectivity index is 3.01. The molecule has 0 heterocycles. The van der Waals surface area contributed by atoms with Crippen LogP contribution < -0.4 is 0 Å². The maximum Gasteiger partial charge on any atom is 0.230 e. The van der Waals surface area contributed by atoms with Crippen LogP contribution in [0.1, 0.15) is 77.6 Å². The Morgan fingerprint density at radius 1 is 0.882 bits per heavy atom. The Morgan fingerprint density at radius 2 is 1.35 bits per heavy atom. The smallest absolute Gasteiger partial charge is 0.230 e. The van der Waals surface area contributed by atoms with Crippen molar-refractivity contribution >= 4 is 0 Å². The Kier molecular flexibility index (Phi) is 12.5. The van der Waals surface area contributed by atoms with Crippen molar-refractivity contribution in [3.63, 3.8) is 0 Å². The van der Waals surface area contributed by atoms with Crippen molar-refractivity contribution in [2.45, 2.75) is 77.6 Å². The number of allylic oxidation sites excluding steroid dienone is 1. The Labute approximate surface area is 105 Å². The molecular formula is C14H27NO2. The number of hydrogen-bond donors (Lipinski definition) is 0. The second kappa shape index (κ2) is 13.2. The van der Waals surface area contributed by atoms with Crippen LogP contribution in [-0.2, 0) is 0 Å². The minimum absolute atomic E-state index is 0.393. The molecule has 0 bridgehead atoms. The van der Waals surface area contributed by atoms with Gasteiger partial charge in [-0.15, -0.1) is 0 Å². The van der Waals surface area contributed by atoms with Gasteiger partial charge in [0.1, 0.15) is 0 Å². The predicted molar refractivity (Wildman–Crippen MR) is 72.6 cm³/mol. The topological polar surface area (TPSA) is 43.1 Å². The van der Waals surface area contributed by atoms with Crippen molar-refractivity contribution in [3.8, 4) is 0 Å². The number of nitrogens with zero attached hydrogens (tertiary/aromatic N) is 1. The van der Waals surface area contributed by atoms with E-state index >= 15 is 0 Å². The van der Waals surface area contributed by atoms with Gasteiger partial charge in [0.05, 0.1) is 4.92 Å². The second-order valence-electron chi connectivity index (χ2n) is 4.64. The normalized spacial score (nSPS) is 11.1. The van der Waals surface area contributed by atoms with Gasteiger partial charge in [-0.3, -0.25) is 10.1 Å². The summed E-state index contributed by atoms with van der Waals surface area (Å²) in [5, 5.41) is 10.0. The summed E-state index contributed by atoms with van der Waals surface area (Å²) in [7, 11) is 0. The molecule has 0 amide bonds. The third kappa shape index (κ3) is 15.1. The standard InChI is InChI=1S/C14H27NO2/c1-2-3-4-5-6-7-8-9-10-11-12-13-14-15(16)17/h13-14H,2-12H2,1H3. The van der Waals surface area contributed by atoms with Crippen molar-refractivity contribution in [2.24, 2.45) is 0 Å². The number of nitro groups is 1. The zero-order valence-corrected chi connectivity index (χ0v) is 11.2. The van der Waals surface area contributed by atoms with Gasteiger partial charge in [0.25, 0.3) is 0 Å². The molecule has 100 valence electrons. The first-order valence-electron chi connectivity index (χ1n) is 7.07. The minimum Gasteiger partial charge on any atom is -0.259 e.